The van der Waals surface area contributed by atoms with Crippen molar-refractivity contribution < 1.29 is 9.47 Å². The van der Waals surface area contributed by atoms with E-state index in [1.807, 2.05) is 18.2 Å². The maximum atomic E-state index is 5.95. The van der Waals surface area contributed by atoms with Crippen molar-refractivity contribution in [3.63, 3.8) is 0 Å². The quantitative estimate of drug-likeness (QED) is 0.453. The molecule has 0 aromatic heterocycles. The van der Waals surface area contributed by atoms with Gasteiger partial charge in [0.15, 0.2) is 5.96 Å². The van der Waals surface area contributed by atoms with E-state index in [-0.39, 0.29) is 0 Å². The molecule has 2 N–H and O–H groups in total. The monoisotopic (exact) mass is 424 g/mol. The first-order valence-electron chi connectivity index (χ1n) is 11.3. The van der Waals surface area contributed by atoms with Crippen molar-refractivity contribution in [2.24, 2.45) is 4.99 Å². The van der Waals surface area contributed by atoms with Gasteiger partial charge in [0.25, 0.3) is 0 Å². The lowest BCUT2D eigenvalue weighted by molar-refractivity contribution is 0.0211. The predicted molar refractivity (Wildman–Crippen MR) is 126 cm³/mol. The third-order valence-electron chi connectivity index (χ3n) is 5.47. The zero-order chi connectivity index (χ0) is 21.7. The first-order valence-corrected chi connectivity index (χ1v) is 11.3. The smallest absolute Gasteiger partial charge is 0.191 e. The van der Waals surface area contributed by atoms with E-state index in [4.69, 9.17) is 14.5 Å². The van der Waals surface area contributed by atoms with E-state index < -0.39 is 0 Å². The molecule has 0 aliphatic carbocycles. The average molecular weight is 425 g/mol. The molecule has 1 aliphatic heterocycles. The van der Waals surface area contributed by atoms with Crippen LogP contribution in [0.2, 0.25) is 0 Å². The van der Waals surface area contributed by atoms with Gasteiger partial charge in [-0.1, -0.05) is 54.6 Å². The molecule has 0 amide bonds. The van der Waals surface area contributed by atoms with Crippen molar-refractivity contribution in [2.45, 2.75) is 39.6 Å². The number of morpholine rings is 1. The van der Waals surface area contributed by atoms with E-state index in [1.54, 1.807) is 0 Å². The number of aliphatic imine (C=N–C) groups is 1. The molecule has 1 heterocycles. The highest BCUT2D eigenvalue weighted by Crippen LogP contribution is 2.13. The molecule has 0 radical (unpaired) electrons. The Morgan fingerprint density at radius 1 is 1.00 bits per heavy atom. The summed E-state index contributed by atoms with van der Waals surface area (Å²) in [4.78, 5) is 7.28. The van der Waals surface area contributed by atoms with Gasteiger partial charge in [0.05, 0.1) is 33.0 Å². The second kappa shape index (κ2) is 13.1. The Kier molecular flexibility index (Phi) is 9.83. The lowest BCUT2D eigenvalue weighted by atomic mass is 10.1. The SMILES string of the molecule is CCNC(=NCc1ccccc1COCc1ccccc1)NCC(C)N1CCOCC1. The third kappa shape index (κ3) is 7.98. The Morgan fingerprint density at radius 3 is 2.45 bits per heavy atom. The Balaban J connectivity index is 1.53. The maximum Gasteiger partial charge on any atom is 0.191 e. The van der Waals surface area contributed by atoms with Crippen LogP contribution in [0.15, 0.2) is 59.6 Å². The van der Waals surface area contributed by atoms with E-state index in [0.717, 1.165) is 45.4 Å². The summed E-state index contributed by atoms with van der Waals surface area (Å²) in [6, 6.07) is 19.1. The zero-order valence-electron chi connectivity index (χ0n) is 18.8. The summed E-state index contributed by atoms with van der Waals surface area (Å²) in [5, 5.41) is 6.86. The summed E-state index contributed by atoms with van der Waals surface area (Å²) in [7, 11) is 0. The van der Waals surface area contributed by atoms with Crippen LogP contribution in [0.4, 0.5) is 0 Å². The minimum Gasteiger partial charge on any atom is -0.379 e. The molecule has 6 heteroatoms. The van der Waals surface area contributed by atoms with Crippen LogP contribution < -0.4 is 10.6 Å². The van der Waals surface area contributed by atoms with E-state index in [0.29, 0.717) is 25.8 Å². The fraction of sp³-hybridized carbons (Fsp3) is 0.480. The summed E-state index contributed by atoms with van der Waals surface area (Å²) in [6.45, 7) is 11.5. The molecule has 0 spiro atoms. The molecule has 0 bridgehead atoms. The molecule has 2 aromatic rings. The summed E-state index contributed by atoms with van der Waals surface area (Å²) in [6.07, 6.45) is 0. The molecule has 2 aromatic carbocycles. The number of hydrogen-bond acceptors (Lipinski definition) is 4. The largest absolute Gasteiger partial charge is 0.379 e. The molecule has 3 rings (SSSR count). The number of nitrogens with zero attached hydrogens (tertiary/aromatic N) is 2. The van der Waals surface area contributed by atoms with E-state index in [1.165, 1.54) is 16.7 Å². The third-order valence-corrected chi connectivity index (χ3v) is 5.47. The molecule has 1 saturated heterocycles. The lowest BCUT2D eigenvalue weighted by Gasteiger charge is -2.32. The Hall–Kier alpha value is -2.41. The van der Waals surface area contributed by atoms with Gasteiger partial charge in [-0.3, -0.25) is 4.90 Å². The van der Waals surface area contributed by atoms with Crippen LogP contribution in [0.1, 0.15) is 30.5 Å². The van der Waals surface area contributed by atoms with Gasteiger partial charge in [-0.2, -0.15) is 0 Å². The number of rotatable bonds is 10. The molecule has 1 fully saturated rings. The topological polar surface area (TPSA) is 58.1 Å². The standard InChI is InChI=1S/C25H36N4O2/c1-3-26-25(27-17-21(2)29-13-15-30-16-14-29)28-18-23-11-7-8-12-24(23)20-31-19-22-9-5-4-6-10-22/h4-12,21H,3,13-20H2,1-2H3,(H2,26,27,28). The van der Waals surface area contributed by atoms with E-state index >= 15 is 0 Å². The molecule has 31 heavy (non-hydrogen) atoms. The van der Waals surface area contributed by atoms with Gasteiger partial charge in [0.1, 0.15) is 0 Å². The summed E-state index contributed by atoms with van der Waals surface area (Å²) in [5.41, 5.74) is 3.56. The van der Waals surface area contributed by atoms with Crippen LogP contribution in [0.5, 0.6) is 0 Å². The Labute approximate surface area is 186 Å². The first-order chi connectivity index (χ1) is 15.3. The van der Waals surface area contributed by atoms with Crippen molar-refractivity contribution in [1.29, 1.82) is 0 Å². The molecule has 168 valence electrons. The van der Waals surface area contributed by atoms with Crippen molar-refractivity contribution in [3.05, 3.63) is 71.3 Å². The van der Waals surface area contributed by atoms with Gasteiger partial charge < -0.3 is 20.1 Å². The number of benzene rings is 2. The molecule has 1 aliphatic rings. The first kappa shape index (κ1) is 23.3. The van der Waals surface area contributed by atoms with Crippen LogP contribution in [0.25, 0.3) is 0 Å². The minimum absolute atomic E-state index is 0.437. The molecular weight excluding hydrogens is 388 g/mol. The number of ether oxygens (including phenoxy) is 2. The van der Waals surface area contributed by atoms with Crippen LogP contribution in [0.3, 0.4) is 0 Å². The highest BCUT2D eigenvalue weighted by atomic mass is 16.5. The van der Waals surface area contributed by atoms with Gasteiger partial charge in [0.2, 0.25) is 0 Å². The molecule has 1 atom stereocenters. The van der Waals surface area contributed by atoms with Gasteiger partial charge in [0, 0.05) is 32.2 Å². The van der Waals surface area contributed by atoms with Crippen molar-refractivity contribution in [1.82, 2.24) is 15.5 Å². The van der Waals surface area contributed by atoms with Gasteiger partial charge in [-0.25, -0.2) is 4.99 Å². The highest BCUT2D eigenvalue weighted by molar-refractivity contribution is 5.79. The summed E-state index contributed by atoms with van der Waals surface area (Å²) in [5.74, 6) is 0.850. The summed E-state index contributed by atoms with van der Waals surface area (Å²) < 4.78 is 11.4. The molecular formula is C25H36N4O2. The maximum absolute atomic E-state index is 5.95. The fourth-order valence-corrected chi connectivity index (χ4v) is 3.60. The summed E-state index contributed by atoms with van der Waals surface area (Å²) >= 11 is 0. The van der Waals surface area contributed by atoms with Crippen LogP contribution >= 0.6 is 0 Å². The van der Waals surface area contributed by atoms with Crippen LogP contribution in [-0.2, 0) is 29.2 Å². The average Bonchev–Trinajstić information content (AvgIpc) is 2.82. The van der Waals surface area contributed by atoms with Gasteiger partial charge in [-0.15, -0.1) is 0 Å². The van der Waals surface area contributed by atoms with Crippen LogP contribution in [0, 0.1) is 0 Å². The molecule has 6 nitrogen and oxygen atoms in total. The Morgan fingerprint density at radius 2 is 1.71 bits per heavy atom. The number of guanidine groups is 1. The van der Waals surface area contributed by atoms with Crippen molar-refractivity contribution in [2.75, 3.05) is 39.4 Å². The Bertz CT molecular complexity index is 791. The van der Waals surface area contributed by atoms with E-state index in [9.17, 15) is 0 Å². The second-order valence-electron chi connectivity index (χ2n) is 7.82. The normalized spacial score (nSPS) is 16.1. The highest BCUT2D eigenvalue weighted by Gasteiger charge is 2.17. The molecule has 0 saturated carbocycles. The predicted octanol–water partition coefficient (Wildman–Crippen LogP) is 3.18. The number of hydrogen-bond donors (Lipinski definition) is 2. The second-order valence-corrected chi connectivity index (χ2v) is 7.82. The van der Waals surface area contributed by atoms with E-state index in [2.05, 4.69) is 65.8 Å². The lowest BCUT2D eigenvalue weighted by Crippen LogP contribution is -2.49. The van der Waals surface area contributed by atoms with Gasteiger partial charge >= 0.3 is 0 Å². The fourth-order valence-electron chi connectivity index (χ4n) is 3.60. The zero-order valence-corrected chi connectivity index (χ0v) is 18.8. The number of nitrogens with one attached hydrogen (secondary N) is 2. The minimum atomic E-state index is 0.437. The van der Waals surface area contributed by atoms with Crippen molar-refractivity contribution >= 4 is 5.96 Å². The van der Waals surface area contributed by atoms with Crippen LogP contribution in [-0.4, -0.2) is 56.3 Å². The molecule has 1 unspecified atom stereocenters. The van der Waals surface area contributed by atoms with Crippen molar-refractivity contribution in [3.8, 4) is 0 Å². The van der Waals surface area contributed by atoms with Gasteiger partial charge in [-0.05, 0) is 30.5 Å².